The van der Waals surface area contributed by atoms with Gasteiger partial charge >= 0.3 is 0 Å². The van der Waals surface area contributed by atoms with Crippen LogP contribution >= 0.6 is 0 Å². The molecule has 0 unspecified atom stereocenters. The van der Waals surface area contributed by atoms with Gasteiger partial charge in [0.1, 0.15) is 0 Å². The number of amides is 1. The van der Waals surface area contributed by atoms with Crippen molar-refractivity contribution in [1.29, 1.82) is 0 Å². The fraction of sp³-hybridized carbons (Fsp3) is 0.500. The SMILES string of the molecule is CCOc1cc(C(=O)N(CCO)CC(F)F)ccc1OC. The van der Waals surface area contributed by atoms with E-state index in [2.05, 4.69) is 0 Å². The second-order valence-electron chi connectivity index (χ2n) is 4.16. The lowest BCUT2D eigenvalue weighted by Gasteiger charge is -2.21. The third-order valence-corrected chi connectivity index (χ3v) is 2.73. The quantitative estimate of drug-likeness (QED) is 0.795. The fourth-order valence-corrected chi connectivity index (χ4v) is 1.82. The molecule has 21 heavy (non-hydrogen) atoms. The van der Waals surface area contributed by atoms with Gasteiger partial charge in [0.25, 0.3) is 12.3 Å². The number of alkyl halides is 2. The zero-order valence-electron chi connectivity index (χ0n) is 12.0. The summed E-state index contributed by atoms with van der Waals surface area (Å²) in [6.45, 7) is 0.898. The van der Waals surface area contributed by atoms with Gasteiger partial charge in [-0.05, 0) is 25.1 Å². The highest BCUT2D eigenvalue weighted by atomic mass is 19.3. The molecule has 1 amide bonds. The van der Waals surface area contributed by atoms with E-state index >= 15 is 0 Å². The van der Waals surface area contributed by atoms with Gasteiger partial charge in [0.05, 0.1) is 26.9 Å². The van der Waals surface area contributed by atoms with Gasteiger partial charge in [0.15, 0.2) is 11.5 Å². The Morgan fingerprint density at radius 3 is 2.62 bits per heavy atom. The first-order valence-electron chi connectivity index (χ1n) is 6.52. The number of aliphatic hydroxyl groups is 1. The van der Waals surface area contributed by atoms with Crippen LogP contribution < -0.4 is 9.47 Å². The molecule has 0 aliphatic heterocycles. The summed E-state index contributed by atoms with van der Waals surface area (Å²) in [5.41, 5.74) is 0.202. The Bertz CT molecular complexity index is 468. The van der Waals surface area contributed by atoms with E-state index < -0.39 is 18.9 Å². The zero-order valence-corrected chi connectivity index (χ0v) is 12.0. The second-order valence-corrected chi connectivity index (χ2v) is 4.16. The van der Waals surface area contributed by atoms with Gasteiger partial charge in [-0.2, -0.15) is 0 Å². The van der Waals surface area contributed by atoms with E-state index in [1.807, 2.05) is 0 Å². The first kappa shape index (κ1) is 17.2. The molecule has 1 aromatic rings. The van der Waals surface area contributed by atoms with E-state index in [-0.39, 0.29) is 18.7 Å². The molecular formula is C14H19F2NO4. The number of rotatable bonds is 8. The van der Waals surface area contributed by atoms with E-state index in [1.54, 1.807) is 6.92 Å². The van der Waals surface area contributed by atoms with Crippen LogP contribution in [0.15, 0.2) is 18.2 Å². The maximum atomic E-state index is 12.5. The number of carbonyl (C=O) groups excluding carboxylic acids is 1. The third kappa shape index (κ3) is 4.86. The molecule has 0 aromatic heterocycles. The van der Waals surface area contributed by atoms with E-state index in [1.165, 1.54) is 25.3 Å². The molecule has 1 aromatic carbocycles. The normalized spacial score (nSPS) is 10.6. The van der Waals surface area contributed by atoms with E-state index in [9.17, 15) is 13.6 Å². The number of hydrogen-bond acceptors (Lipinski definition) is 4. The molecule has 0 fully saturated rings. The second kappa shape index (κ2) is 8.41. The summed E-state index contributed by atoms with van der Waals surface area (Å²) in [5, 5.41) is 8.88. The molecule has 0 saturated heterocycles. The Morgan fingerprint density at radius 1 is 1.38 bits per heavy atom. The Kier molecular flexibility index (Phi) is 6.87. The zero-order chi connectivity index (χ0) is 15.8. The van der Waals surface area contributed by atoms with E-state index in [0.29, 0.717) is 18.1 Å². The number of aliphatic hydroxyl groups excluding tert-OH is 1. The van der Waals surface area contributed by atoms with Gasteiger partial charge < -0.3 is 19.5 Å². The van der Waals surface area contributed by atoms with Crippen molar-refractivity contribution in [3.8, 4) is 11.5 Å². The summed E-state index contributed by atoms with van der Waals surface area (Å²) in [7, 11) is 1.47. The molecule has 7 heteroatoms. The van der Waals surface area contributed by atoms with Gasteiger partial charge in [0, 0.05) is 12.1 Å². The topological polar surface area (TPSA) is 59.0 Å². The van der Waals surface area contributed by atoms with Crippen molar-refractivity contribution < 1.29 is 28.2 Å². The number of benzene rings is 1. The highest BCUT2D eigenvalue weighted by molar-refractivity contribution is 5.95. The first-order valence-corrected chi connectivity index (χ1v) is 6.52. The minimum absolute atomic E-state index is 0.154. The highest BCUT2D eigenvalue weighted by Gasteiger charge is 2.20. The van der Waals surface area contributed by atoms with Gasteiger partial charge in [0.2, 0.25) is 0 Å². The molecule has 1 N–H and O–H groups in total. The smallest absolute Gasteiger partial charge is 0.255 e. The minimum Gasteiger partial charge on any atom is -0.493 e. The summed E-state index contributed by atoms with van der Waals surface area (Å²) in [6, 6.07) is 4.46. The van der Waals surface area contributed by atoms with Crippen molar-refractivity contribution in [3.05, 3.63) is 23.8 Å². The Morgan fingerprint density at radius 2 is 2.10 bits per heavy atom. The monoisotopic (exact) mass is 303 g/mol. The summed E-state index contributed by atoms with van der Waals surface area (Å²) in [6.07, 6.45) is -2.66. The molecule has 0 aliphatic rings. The van der Waals surface area contributed by atoms with Crippen LogP contribution in [0.25, 0.3) is 0 Å². The molecule has 0 heterocycles. The van der Waals surface area contributed by atoms with Gasteiger partial charge in [-0.25, -0.2) is 8.78 Å². The lowest BCUT2D eigenvalue weighted by Crippen LogP contribution is -2.37. The maximum Gasteiger partial charge on any atom is 0.255 e. The fourth-order valence-electron chi connectivity index (χ4n) is 1.82. The lowest BCUT2D eigenvalue weighted by molar-refractivity contribution is 0.0509. The summed E-state index contributed by atoms with van der Waals surface area (Å²) < 4.78 is 35.4. The number of halogens is 2. The molecular weight excluding hydrogens is 284 g/mol. The predicted octanol–water partition coefficient (Wildman–Crippen LogP) is 1.79. The van der Waals surface area contributed by atoms with E-state index in [0.717, 1.165) is 4.90 Å². The van der Waals surface area contributed by atoms with Gasteiger partial charge in [-0.1, -0.05) is 0 Å². The summed E-state index contributed by atoms with van der Waals surface area (Å²) in [5.74, 6) is 0.232. The van der Waals surface area contributed by atoms with Crippen LogP contribution in [-0.2, 0) is 0 Å². The molecule has 0 atom stereocenters. The van der Waals surface area contributed by atoms with Crippen molar-refractivity contribution in [2.45, 2.75) is 13.3 Å². The molecule has 0 radical (unpaired) electrons. The number of methoxy groups -OCH3 is 1. The van der Waals surface area contributed by atoms with Crippen LogP contribution in [0, 0.1) is 0 Å². The predicted molar refractivity (Wildman–Crippen MR) is 73.2 cm³/mol. The highest BCUT2D eigenvalue weighted by Crippen LogP contribution is 2.28. The Balaban J connectivity index is 3.01. The van der Waals surface area contributed by atoms with Crippen LogP contribution in [0.4, 0.5) is 8.78 Å². The molecule has 0 bridgehead atoms. The largest absolute Gasteiger partial charge is 0.493 e. The van der Waals surface area contributed by atoms with Crippen molar-refractivity contribution in [2.24, 2.45) is 0 Å². The molecule has 118 valence electrons. The average Bonchev–Trinajstić information content (AvgIpc) is 2.46. The van der Waals surface area contributed by atoms with Crippen molar-refractivity contribution in [1.82, 2.24) is 4.90 Å². The molecule has 0 spiro atoms. The number of carbonyl (C=O) groups is 1. The summed E-state index contributed by atoms with van der Waals surface area (Å²) in [4.78, 5) is 13.1. The van der Waals surface area contributed by atoms with Crippen molar-refractivity contribution in [2.75, 3.05) is 33.4 Å². The third-order valence-electron chi connectivity index (χ3n) is 2.73. The van der Waals surface area contributed by atoms with Crippen molar-refractivity contribution in [3.63, 3.8) is 0 Å². The van der Waals surface area contributed by atoms with Crippen LogP contribution in [0.5, 0.6) is 11.5 Å². The standard InChI is InChI=1S/C14H19F2NO4/c1-3-21-12-8-10(4-5-11(12)20-2)14(19)17(6-7-18)9-13(15)16/h4-5,8,13,18H,3,6-7,9H2,1-2H3. The average molecular weight is 303 g/mol. The molecule has 1 rings (SSSR count). The van der Waals surface area contributed by atoms with Crippen LogP contribution in [0.2, 0.25) is 0 Å². The van der Waals surface area contributed by atoms with Gasteiger partial charge in [-0.3, -0.25) is 4.79 Å². The van der Waals surface area contributed by atoms with Crippen LogP contribution in [0.3, 0.4) is 0 Å². The number of hydrogen-bond donors (Lipinski definition) is 1. The van der Waals surface area contributed by atoms with Crippen molar-refractivity contribution >= 4 is 5.91 Å². The Labute approximate surface area is 122 Å². The lowest BCUT2D eigenvalue weighted by atomic mass is 10.1. The maximum absolute atomic E-state index is 12.5. The minimum atomic E-state index is -2.66. The molecule has 5 nitrogen and oxygen atoms in total. The van der Waals surface area contributed by atoms with Crippen LogP contribution in [0.1, 0.15) is 17.3 Å². The molecule has 0 aliphatic carbocycles. The summed E-state index contributed by atoms with van der Waals surface area (Å²) >= 11 is 0. The van der Waals surface area contributed by atoms with Crippen LogP contribution in [-0.4, -0.2) is 55.8 Å². The van der Waals surface area contributed by atoms with E-state index in [4.69, 9.17) is 14.6 Å². The Hall–Kier alpha value is -1.89. The van der Waals surface area contributed by atoms with Gasteiger partial charge in [-0.15, -0.1) is 0 Å². The number of ether oxygens (including phenoxy) is 2. The first-order chi connectivity index (χ1) is 10.0. The molecule has 0 saturated carbocycles. The number of nitrogens with zero attached hydrogens (tertiary/aromatic N) is 1.